The summed E-state index contributed by atoms with van der Waals surface area (Å²) >= 11 is 5.94. The maximum atomic E-state index is 13.6. The number of nitrogens with zero attached hydrogens (tertiary/aromatic N) is 1. The van der Waals surface area contributed by atoms with Crippen LogP contribution < -0.4 is 5.73 Å². The van der Waals surface area contributed by atoms with Gasteiger partial charge in [0.2, 0.25) is 0 Å². The van der Waals surface area contributed by atoms with Crippen LogP contribution in [0.1, 0.15) is 24.8 Å². The Morgan fingerprint density at radius 3 is 2.91 bits per heavy atom. The van der Waals surface area contributed by atoms with Gasteiger partial charge in [-0.05, 0) is 37.8 Å². The molecule has 1 aromatic rings. The first kappa shape index (κ1) is 17.5. The number of likely N-dealkylation sites (tertiary alicyclic amines) is 1. The van der Waals surface area contributed by atoms with Crippen molar-refractivity contribution in [3.05, 3.63) is 34.6 Å². The number of nitrogens with two attached hydrogens (primary N) is 1. The summed E-state index contributed by atoms with van der Waals surface area (Å²) in [6.07, 6.45) is 2.30. The summed E-state index contributed by atoms with van der Waals surface area (Å²) < 4.78 is 18.8. The average Bonchev–Trinajstić information content (AvgIpc) is 2.53. The van der Waals surface area contributed by atoms with Gasteiger partial charge in [-0.25, -0.2) is 9.18 Å². The minimum atomic E-state index is -0.517. The number of esters is 1. The number of carbonyl (C=O) groups excluding carboxylic acids is 2. The molecule has 0 unspecified atom stereocenters. The van der Waals surface area contributed by atoms with Crippen molar-refractivity contribution < 1.29 is 18.7 Å². The van der Waals surface area contributed by atoms with Crippen molar-refractivity contribution in [3.63, 3.8) is 0 Å². The number of rotatable bonds is 5. The lowest BCUT2D eigenvalue weighted by molar-refractivity contribution is -0.150. The van der Waals surface area contributed by atoms with E-state index < -0.39 is 6.03 Å². The molecular weight excluding hydrogens is 323 g/mol. The van der Waals surface area contributed by atoms with Gasteiger partial charge in [-0.1, -0.05) is 17.7 Å². The van der Waals surface area contributed by atoms with Crippen LogP contribution in [0.2, 0.25) is 5.02 Å². The Labute approximate surface area is 139 Å². The minimum Gasteiger partial charge on any atom is -0.465 e. The molecule has 1 aromatic carbocycles. The number of halogens is 2. The highest BCUT2D eigenvalue weighted by Crippen LogP contribution is 2.21. The van der Waals surface area contributed by atoms with Gasteiger partial charge in [-0.3, -0.25) is 4.79 Å². The number of hydrogen-bond acceptors (Lipinski definition) is 3. The Kier molecular flexibility index (Phi) is 6.21. The van der Waals surface area contributed by atoms with Gasteiger partial charge in [-0.15, -0.1) is 0 Å². The first-order valence-electron chi connectivity index (χ1n) is 7.63. The monoisotopic (exact) mass is 342 g/mol. The minimum absolute atomic E-state index is 0.191. The van der Waals surface area contributed by atoms with Crippen molar-refractivity contribution in [2.45, 2.75) is 25.7 Å². The molecule has 0 saturated carbocycles. The molecule has 23 heavy (non-hydrogen) atoms. The van der Waals surface area contributed by atoms with Gasteiger partial charge in [0.25, 0.3) is 0 Å². The Balaban J connectivity index is 1.76. The second-order valence-corrected chi connectivity index (χ2v) is 6.00. The van der Waals surface area contributed by atoms with Crippen molar-refractivity contribution in [2.24, 2.45) is 11.7 Å². The highest BCUT2D eigenvalue weighted by molar-refractivity contribution is 6.31. The smallest absolute Gasteiger partial charge is 0.314 e. The number of benzene rings is 1. The molecule has 1 saturated heterocycles. The van der Waals surface area contributed by atoms with Crippen LogP contribution in [0.25, 0.3) is 0 Å². The highest BCUT2D eigenvalue weighted by Gasteiger charge is 2.28. The maximum Gasteiger partial charge on any atom is 0.314 e. The van der Waals surface area contributed by atoms with Crippen LogP contribution in [-0.2, 0) is 16.0 Å². The molecule has 0 aromatic heterocycles. The van der Waals surface area contributed by atoms with E-state index in [9.17, 15) is 14.0 Å². The van der Waals surface area contributed by atoms with Crippen molar-refractivity contribution in [2.75, 3.05) is 19.7 Å². The molecule has 1 fully saturated rings. The molecule has 1 aliphatic heterocycles. The zero-order chi connectivity index (χ0) is 16.8. The average molecular weight is 343 g/mol. The number of carbonyl (C=O) groups is 2. The summed E-state index contributed by atoms with van der Waals surface area (Å²) in [6.45, 7) is 1.06. The SMILES string of the molecule is NC(=O)N1CCC[C@H](C(=O)OCCCc2c(F)cccc2Cl)C1. The number of ether oxygens (including phenoxy) is 1. The van der Waals surface area contributed by atoms with Gasteiger partial charge in [0.1, 0.15) is 5.82 Å². The van der Waals surface area contributed by atoms with E-state index in [-0.39, 0.29) is 24.3 Å². The lowest BCUT2D eigenvalue weighted by atomic mass is 9.98. The first-order chi connectivity index (χ1) is 11.0. The van der Waals surface area contributed by atoms with Crippen LogP contribution in [0.3, 0.4) is 0 Å². The first-order valence-corrected chi connectivity index (χ1v) is 8.00. The van der Waals surface area contributed by atoms with Gasteiger partial charge in [-0.2, -0.15) is 0 Å². The number of urea groups is 1. The summed E-state index contributed by atoms with van der Waals surface area (Å²) in [6, 6.07) is 4.02. The molecular formula is C16H20ClFN2O3. The van der Waals surface area contributed by atoms with Crippen molar-refractivity contribution in [1.82, 2.24) is 4.90 Å². The molecule has 1 atom stereocenters. The Morgan fingerprint density at radius 2 is 2.22 bits per heavy atom. The second-order valence-electron chi connectivity index (χ2n) is 5.59. The lowest BCUT2D eigenvalue weighted by Crippen LogP contribution is -2.45. The third kappa shape index (κ3) is 4.82. The molecule has 7 heteroatoms. The van der Waals surface area contributed by atoms with Crippen LogP contribution in [0, 0.1) is 11.7 Å². The molecule has 2 N–H and O–H groups in total. The van der Waals surface area contributed by atoms with Crippen LogP contribution >= 0.6 is 11.6 Å². The van der Waals surface area contributed by atoms with E-state index >= 15 is 0 Å². The molecule has 1 heterocycles. The third-order valence-electron chi connectivity index (χ3n) is 3.94. The van der Waals surface area contributed by atoms with E-state index in [1.807, 2.05) is 0 Å². The van der Waals surface area contributed by atoms with E-state index in [0.29, 0.717) is 42.9 Å². The summed E-state index contributed by atoms with van der Waals surface area (Å²) in [5.74, 6) is -1.03. The van der Waals surface area contributed by atoms with Gasteiger partial charge in [0.05, 0.1) is 12.5 Å². The zero-order valence-electron chi connectivity index (χ0n) is 12.8. The normalized spacial score (nSPS) is 17.8. The Hall–Kier alpha value is -1.82. The van der Waals surface area contributed by atoms with Gasteiger partial charge >= 0.3 is 12.0 Å². The van der Waals surface area contributed by atoms with Gasteiger partial charge in [0, 0.05) is 23.7 Å². The summed E-state index contributed by atoms with van der Waals surface area (Å²) in [7, 11) is 0. The van der Waals surface area contributed by atoms with Gasteiger partial charge in [0.15, 0.2) is 0 Å². The van der Waals surface area contributed by atoms with Gasteiger partial charge < -0.3 is 15.4 Å². The van der Waals surface area contributed by atoms with E-state index in [1.165, 1.54) is 11.0 Å². The quantitative estimate of drug-likeness (QED) is 0.660. The predicted molar refractivity (Wildman–Crippen MR) is 84.6 cm³/mol. The molecule has 1 aliphatic rings. The molecule has 2 amide bonds. The molecule has 0 aliphatic carbocycles. The molecule has 0 radical (unpaired) electrons. The summed E-state index contributed by atoms with van der Waals surface area (Å²) in [4.78, 5) is 24.6. The third-order valence-corrected chi connectivity index (χ3v) is 4.30. The largest absolute Gasteiger partial charge is 0.465 e. The molecule has 0 bridgehead atoms. The fourth-order valence-electron chi connectivity index (χ4n) is 2.68. The number of hydrogen-bond donors (Lipinski definition) is 1. The summed E-state index contributed by atoms with van der Waals surface area (Å²) in [5, 5.41) is 0.376. The molecule has 5 nitrogen and oxygen atoms in total. The number of primary amides is 1. The summed E-state index contributed by atoms with van der Waals surface area (Å²) in [5.41, 5.74) is 5.66. The van der Waals surface area contributed by atoms with Crippen molar-refractivity contribution in [1.29, 1.82) is 0 Å². The fourth-order valence-corrected chi connectivity index (χ4v) is 2.94. The van der Waals surface area contributed by atoms with E-state index in [4.69, 9.17) is 22.1 Å². The van der Waals surface area contributed by atoms with Crippen molar-refractivity contribution >= 4 is 23.6 Å². The van der Waals surface area contributed by atoms with E-state index in [2.05, 4.69) is 0 Å². The van der Waals surface area contributed by atoms with Crippen LogP contribution in [-0.4, -0.2) is 36.6 Å². The van der Waals surface area contributed by atoms with E-state index in [0.717, 1.165) is 6.42 Å². The zero-order valence-corrected chi connectivity index (χ0v) is 13.5. The van der Waals surface area contributed by atoms with Crippen LogP contribution in [0.4, 0.5) is 9.18 Å². The lowest BCUT2D eigenvalue weighted by Gasteiger charge is -2.30. The van der Waals surface area contributed by atoms with E-state index in [1.54, 1.807) is 12.1 Å². The predicted octanol–water partition coefficient (Wildman–Crippen LogP) is 2.75. The number of amides is 2. The van der Waals surface area contributed by atoms with Crippen LogP contribution in [0.15, 0.2) is 18.2 Å². The Bertz CT molecular complexity index is 562. The molecule has 126 valence electrons. The maximum absolute atomic E-state index is 13.6. The molecule has 2 rings (SSSR count). The second kappa shape index (κ2) is 8.15. The highest BCUT2D eigenvalue weighted by atomic mass is 35.5. The molecule has 0 spiro atoms. The topological polar surface area (TPSA) is 72.6 Å². The number of piperidine rings is 1. The van der Waals surface area contributed by atoms with Crippen LogP contribution in [0.5, 0.6) is 0 Å². The Morgan fingerprint density at radius 1 is 1.43 bits per heavy atom. The standard InChI is InChI=1S/C16H20ClFN2O3/c17-13-6-1-7-14(18)12(13)5-3-9-23-15(21)11-4-2-8-20(10-11)16(19)22/h1,6-7,11H,2-5,8-10H2,(H2,19,22)/t11-/m0/s1. The van der Waals surface area contributed by atoms with Crippen molar-refractivity contribution in [3.8, 4) is 0 Å². The fraction of sp³-hybridized carbons (Fsp3) is 0.500.